The summed E-state index contributed by atoms with van der Waals surface area (Å²) in [5, 5.41) is 15.3. The lowest BCUT2D eigenvalue weighted by molar-refractivity contribution is -0.275. The smallest absolute Gasteiger partial charge is 0.373 e. The Bertz CT molecular complexity index is 81.7. The zero-order valence-corrected chi connectivity index (χ0v) is 4.73. The van der Waals surface area contributed by atoms with Crippen molar-refractivity contribution in [2.75, 3.05) is 0 Å². The fraction of sp³-hybridized carbons (Fsp3) is 0. The van der Waals surface area contributed by atoms with E-state index in [2.05, 4.69) is 0 Å². The monoisotopic (exact) mass is 145 g/mol. The lowest BCUT2D eigenvalue weighted by atomic mass is 10.8. The highest BCUT2D eigenvalue weighted by Crippen LogP contribution is 1.32. The van der Waals surface area contributed by atoms with Gasteiger partial charge in [0.1, 0.15) is 0 Å². The average molecular weight is 145 g/mol. The molecule has 0 aromatic rings. The minimum absolute atomic E-state index is 0. The van der Waals surface area contributed by atoms with Crippen LogP contribution in [-0.4, -0.2) is 39.7 Å². The molecule has 0 aromatic carbocycles. The third kappa shape index (κ3) is 140. The third-order valence-corrected chi connectivity index (χ3v) is 0. The van der Waals surface area contributed by atoms with Gasteiger partial charge in [0, 0.05) is 16.8 Å². The summed E-state index contributed by atoms with van der Waals surface area (Å²) in [7, 11) is 0. The van der Waals surface area contributed by atoms with Gasteiger partial charge in [-0.1, -0.05) is 0 Å². The number of hydrogen-bond donors (Lipinski definition) is 1. The molecule has 54 valence electrons. The van der Waals surface area contributed by atoms with Gasteiger partial charge in [0.05, 0.1) is 0 Å². The van der Waals surface area contributed by atoms with E-state index in [1.165, 1.54) is 0 Å². The number of rotatable bonds is 0. The van der Waals surface area contributed by atoms with Gasteiger partial charge in [-0.05, 0) is 0 Å². The zero-order chi connectivity index (χ0) is 6.28. The highest BCUT2D eigenvalue weighted by Gasteiger charge is 1.51. The second-order valence-corrected chi connectivity index (χ2v) is 0.349. The lowest BCUT2D eigenvalue weighted by Gasteiger charge is -1.74. The van der Waals surface area contributed by atoms with E-state index in [0.717, 1.165) is 0 Å². The van der Waals surface area contributed by atoms with Crippen LogP contribution in [-0.2, 0) is 9.59 Å². The van der Waals surface area contributed by atoms with Crippen molar-refractivity contribution < 1.29 is 30.1 Å². The van der Waals surface area contributed by atoms with E-state index in [9.17, 15) is 0 Å². The van der Waals surface area contributed by atoms with Crippen molar-refractivity contribution >= 4 is 29.1 Å². The molecule has 0 fully saturated rings. The van der Waals surface area contributed by atoms with Crippen molar-refractivity contribution in [3.8, 4) is 0 Å². The standard InChI is InChI=1S/CH2O3.CO2.2B.H2O/c2-1(3)4;2-1-3;;;/h(H2,2,3,4);;;;1H2/p-1. The number of hydrogen-bond acceptors (Lipinski definition) is 4. The molecule has 0 heterocycles. The van der Waals surface area contributed by atoms with Crippen LogP contribution in [0.15, 0.2) is 0 Å². The summed E-state index contributed by atoms with van der Waals surface area (Å²) in [5.41, 5.74) is 0. The van der Waals surface area contributed by atoms with Crippen molar-refractivity contribution in [1.82, 2.24) is 0 Å². The van der Waals surface area contributed by atoms with Gasteiger partial charge in [-0.2, -0.15) is 9.59 Å². The molecule has 0 amide bonds. The highest BCUT2D eigenvalue weighted by atomic mass is 16.6. The van der Waals surface area contributed by atoms with E-state index in [4.69, 9.17) is 24.6 Å². The molecule has 6 radical (unpaired) electrons. The van der Waals surface area contributed by atoms with Gasteiger partial charge in [0.15, 0.2) is 0 Å². The first-order chi connectivity index (χ1) is 3.15. The first-order valence-electron chi connectivity index (χ1n) is 1.04. The number of carboxylic acid groups (broad SMARTS) is 2. The Balaban J connectivity index is -0.0000000131. The van der Waals surface area contributed by atoms with Crippen LogP contribution in [0, 0.1) is 0 Å². The van der Waals surface area contributed by atoms with E-state index in [1.807, 2.05) is 0 Å². The van der Waals surface area contributed by atoms with Crippen LogP contribution in [0.4, 0.5) is 4.79 Å². The van der Waals surface area contributed by atoms with Gasteiger partial charge >= 0.3 is 6.15 Å². The van der Waals surface area contributed by atoms with E-state index < -0.39 is 6.16 Å². The lowest BCUT2D eigenvalue weighted by Crippen LogP contribution is -2.17. The Morgan fingerprint density at radius 2 is 1.30 bits per heavy atom. The summed E-state index contributed by atoms with van der Waals surface area (Å²) in [6.07, 6.45) is -1.83. The molecule has 10 heavy (non-hydrogen) atoms. The van der Waals surface area contributed by atoms with Crippen LogP contribution in [0.5, 0.6) is 0 Å². The Morgan fingerprint density at radius 1 is 1.30 bits per heavy atom. The topological polar surface area (TPSA) is 126 Å². The molecule has 0 saturated carbocycles. The maximum Gasteiger partial charge on any atom is 0.373 e. The molecule has 0 saturated heterocycles. The summed E-state index contributed by atoms with van der Waals surface area (Å²) in [5.74, 6) is 0. The molecular formula is C2H3B2O6-. The quantitative estimate of drug-likeness (QED) is 0.357. The Morgan fingerprint density at radius 3 is 1.30 bits per heavy atom. The highest BCUT2D eigenvalue weighted by molar-refractivity contribution is 5.76. The molecule has 0 atom stereocenters. The summed E-state index contributed by atoms with van der Waals surface area (Å²) >= 11 is 0. The molecule has 0 unspecified atom stereocenters. The number of carbonyl (C=O) groups is 1. The fourth-order valence-electron chi connectivity index (χ4n) is 0. The number of carbonyl (C=O) groups excluding carboxylic acids is 2. The molecule has 3 N–H and O–H groups in total. The largest absolute Gasteiger partial charge is 0.565 e. The first-order valence-corrected chi connectivity index (χ1v) is 1.04. The van der Waals surface area contributed by atoms with Gasteiger partial charge < -0.3 is 20.5 Å². The molecular weight excluding hydrogens is 142 g/mol. The zero-order valence-electron chi connectivity index (χ0n) is 4.73. The summed E-state index contributed by atoms with van der Waals surface area (Å²) in [4.78, 5) is 24.7. The van der Waals surface area contributed by atoms with Crippen LogP contribution >= 0.6 is 0 Å². The molecule has 0 aromatic heterocycles. The van der Waals surface area contributed by atoms with E-state index in [0.29, 0.717) is 0 Å². The summed E-state index contributed by atoms with van der Waals surface area (Å²) in [6.45, 7) is 0. The maximum absolute atomic E-state index is 8.44. The van der Waals surface area contributed by atoms with Crippen LogP contribution in [0.1, 0.15) is 0 Å². The SMILES string of the molecule is O.O=C([O-])O.O=C=O.[B].[B]. The van der Waals surface area contributed by atoms with Crippen molar-refractivity contribution in [3.05, 3.63) is 0 Å². The summed E-state index contributed by atoms with van der Waals surface area (Å²) < 4.78 is 0. The van der Waals surface area contributed by atoms with Gasteiger partial charge in [-0.3, -0.25) is 0 Å². The first kappa shape index (κ1) is 37.4. The maximum atomic E-state index is 8.44. The second kappa shape index (κ2) is 46.8. The van der Waals surface area contributed by atoms with Crippen molar-refractivity contribution in [3.63, 3.8) is 0 Å². The Hall–Kier alpha value is -1.26. The fourth-order valence-corrected chi connectivity index (χ4v) is 0. The van der Waals surface area contributed by atoms with Crippen molar-refractivity contribution in [1.29, 1.82) is 0 Å². The van der Waals surface area contributed by atoms with Crippen molar-refractivity contribution in [2.24, 2.45) is 0 Å². The van der Waals surface area contributed by atoms with Crippen LogP contribution in [0.2, 0.25) is 0 Å². The average Bonchev–Trinajstić information content (AvgIpc) is 1.33. The molecule has 0 rings (SSSR count). The molecule has 0 aliphatic rings. The van der Waals surface area contributed by atoms with E-state index >= 15 is 0 Å². The predicted molar refractivity (Wildman–Crippen MR) is 28.2 cm³/mol. The third-order valence-electron chi connectivity index (χ3n) is 0. The predicted octanol–water partition coefficient (Wildman–Crippen LogP) is -3.28. The van der Waals surface area contributed by atoms with Gasteiger partial charge in [0.25, 0.3) is 0 Å². The van der Waals surface area contributed by atoms with Crippen LogP contribution < -0.4 is 5.11 Å². The minimum Gasteiger partial charge on any atom is -0.565 e. The van der Waals surface area contributed by atoms with Gasteiger partial charge in [-0.15, -0.1) is 0 Å². The van der Waals surface area contributed by atoms with Crippen molar-refractivity contribution in [2.45, 2.75) is 0 Å². The van der Waals surface area contributed by atoms with Gasteiger partial charge in [-0.25, -0.2) is 0 Å². The molecule has 0 bridgehead atoms. The van der Waals surface area contributed by atoms with Crippen LogP contribution in [0.3, 0.4) is 0 Å². The Labute approximate surface area is 60.3 Å². The van der Waals surface area contributed by atoms with Gasteiger partial charge in [0.2, 0.25) is 6.16 Å². The second-order valence-electron chi connectivity index (χ2n) is 0.349. The van der Waals surface area contributed by atoms with E-state index in [1.54, 1.807) is 0 Å². The molecule has 6 nitrogen and oxygen atoms in total. The molecule has 0 spiro atoms. The Kier molecular flexibility index (Phi) is 175. The van der Waals surface area contributed by atoms with E-state index in [-0.39, 0.29) is 28.5 Å². The minimum atomic E-state index is -2.08. The molecule has 8 heteroatoms. The summed E-state index contributed by atoms with van der Waals surface area (Å²) in [6, 6.07) is 0. The molecule has 0 aliphatic carbocycles. The normalized spacial score (nSPS) is 3.20. The van der Waals surface area contributed by atoms with Crippen LogP contribution in [0.25, 0.3) is 0 Å². The molecule has 0 aliphatic heterocycles.